The normalized spacial score (nSPS) is 12.1. The number of aryl methyl sites for hydroxylation is 1. The van der Waals surface area contributed by atoms with Crippen molar-refractivity contribution >= 4 is 34.2 Å². The van der Waals surface area contributed by atoms with Gasteiger partial charge in [0.2, 0.25) is 5.91 Å². The molecule has 3 rings (SSSR count). The molecule has 136 valence electrons. The molecule has 1 N–H and O–H groups in total. The Hall–Kier alpha value is -2.87. The molecular formula is C18H19N3O4S. The molecule has 0 aliphatic carbocycles. The van der Waals surface area contributed by atoms with Crippen molar-refractivity contribution in [2.45, 2.75) is 19.0 Å². The number of carbonyl (C=O) groups excluding carboxylic acids is 2. The maximum atomic E-state index is 12.6. The number of fused-ring (bicyclic) bond motifs is 1. The zero-order valence-corrected chi connectivity index (χ0v) is 15.3. The summed E-state index contributed by atoms with van der Waals surface area (Å²) in [7, 11) is 2.98. The van der Waals surface area contributed by atoms with Crippen molar-refractivity contribution in [3.63, 3.8) is 0 Å². The zero-order valence-electron chi connectivity index (χ0n) is 14.5. The van der Waals surface area contributed by atoms with Crippen LogP contribution in [-0.2, 0) is 27.9 Å². The molecule has 8 heteroatoms. The number of carbonyl (C=O) groups is 2. The molecule has 0 aliphatic rings. The Bertz CT molecular complexity index is 988. The Morgan fingerprint density at radius 1 is 1.19 bits per heavy atom. The summed E-state index contributed by atoms with van der Waals surface area (Å²) < 4.78 is 7.65. The van der Waals surface area contributed by atoms with Crippen molar-refractivity contribution in [1.29, 1.82) is 0 Å². The highest BCUT2D eigenvalue weighted by molar-refractivity contribution is 7.10. The number of amides is 1. The molecule has 0 saturated carbocycles. The second-order valence-electron chi connectivity index (χ2n) is 5.83. The molecule has 0 radical (unpaired) electrons. The number of ether oxygens (including phenoxy) is 1. The lowest BCUT2D eigenvalue weighted by molar-refractivity contribution is -0.141. The van der Waals surface area contributed by atoms with Crippen LogP contribution >= 0.6 is 11.3 Å². The SMILES string of the molecule is COC(=O)C[C@H](NC(=O)Cn1c(=O)n(C)c2ccccc21)c1cccs1. The summed E-state index contributed by atoms with van der Waals surface area (Å²) >= 11 is 1.45. The number of imidazole rings is 1. The number of benzene rings is 1. The first-order chi connectivity index (χ1) is 12.5. The largest absolute Gasteiger partial charge is 0.469 e. The zero-order chi connectivity index (χ0) is 18.7. The molecular weight excluding hydrogens is 354 g/mol. The van der Waals surface area contributed by atoms with E-state index in [2.05, 4.69) is 5.32 Å². The highest BCUT2D eigenvalue weighted by atomic mass is 32.1. The van der Waals surface area contributed by atoms with E-state index >= 15 is 0 Å². The molecule has 0 unspecified atom stereocenters. The van der Waals surface area contributed by atoms with E-state index in [0.717, 1.165) is 10.4 Å². The molecule has 0 fully saturated rings. The van der Waals surface area contributed by atoms with Crippen LogP contribution in [-0.4, -0.2) is 28.1 Å². The van der Waals surface area contributed by atoms with Crippen molar-refractivity contribution in [1.82, 2.24) is 14.5 Å². The minimum Gasteiger partial charge on any atom is -0.469 e. The van der Waals surface area contributed by atoms with Crippen LogP contribution in [0.2, 0.25) is 0 Å². The number of aromatic nitrogens is 2. The van der Waals surface area contributed by atoms with E-state index in [1.165, 1.54) is 27.6 Å². The van der Waals surface area contributed by atoms with E-state index in [0.29, 0.717) is 5.52 Å². The molecule has 1 aromatic carbocycles. The summed E-state index contributed by atoms with van der Waals surface area (Å²) in [5, 5.41) is 4.71. The monoisotopic (exact) mass is 373 g/mol. The van der Waals surface area contributed by atoms with E-state index in [1.54, 1.807) is 13.1 Å². The van der Waals surface area contributed by atoms with E-state index in [4.69, 9.17) is 4.74 Å². The standard InChI is InChI=1S/C18H19N3O4S/c1-20-13-6-3-4-7-14(13)21(18(20)24)11-16(22)19-12(10-17(23)25-2)15-8-5-9-26-15/h3-9,12H,10-11H2,1-2H3,(H,19,22)/t12-/m0/s1. The Balaban J connectivity index is 1.82. The summed E-state index contributed by atoms with van der Waals surface area (Å²) in [6.07, 6.45) is 0.0349. The Labute approximate surface area is 153 Å². The second kappa shape index (κ2) is 7.57. The van der Waals surface area contributed by atoms with Gasteiger partial charge in [-0.1, -0.05) is 18.2 Å². The number of nitrogens with zero attached hydrogens (tertiary/aromatic N) is 2. The number of para-hydroxylation sites is 2. The van der Waals surface area contributed by atoms with E-state index in [-0.39, 0.29) is 24.6 Å². The van der Waals surface area contributed by atoms with Gasteiger partial charge in [-0.3, -0.25) is 18.7 Å². The molecule has 0 aliphatic heterocycles. The number of thiophene rings is 1. The number of hydrogen-bond donors (Lipinski definition) is 1. The molecule has 2 heterocycles. The van der Waals surface area contributed by atoms with Crippen LogP contribution < -0.4 is 11.0 Å². The molecule has 1 amide bonds. The number of methoxy groups -OCH3 is 1. The van der Waals surface area contributed by atoms with Gasteiger partial charge in [-0.25, -0.2) is 4.79 Å². The highest BCUT2D eigenvalue weighted by Crippen LogP contribution is 2.22. The summed E-state index contributed by atoms with van der Waals surface area (Å²) in [6.45, 7) is -0.122. The van der Waals surface area contributed by atoms with E-state index in [9.17, 15) is 14.4 Å². The van der Waals surface area contributed by atoms with Gasteiger partial charge in [0, 0.05) is 11.9 Å². The van der Waals surface area contributed by atoms with Crippen LogP contribution in [0.4, 0.5) is 0 Å². The first-order valence-electron chi connectivity index (χ1n) is 8.05. The van der Waals surface area contributed by atoms with Crippen molar-refractivity contribution in [2.24, 2.45) is 7.05 Å². The van der Waals surface area contributed by atoms with Gasteiger partial charge in [0.1, 0.15) is 6.54 Å². The first kappa shape index (κ1) is 17.9. The van der Waals surface area contributed by atoms with Gasteiger partial charge >= 0.3 is 11.7 Å². The van der Waals surface area contributed by atoms with Crippen LogP contribution in [0, 0.1) is 0 Å². The molecule has 7 nitrogen and oxygen atoms in total. The third kappa shape index (κ3) is 3.55. The fourth-order valence-corrected chi connectivity index (χ4v) is 3.64. The van der Waals surface area contributed by atoms with Gasteiger partial charge in [0.25, 0.3) is 0 Å². The van der Waals surface area contributed by atoms with Crippen molar-refractivity contribution < 1.29 is 14.3 Å². The third-order valence-corrected chi connectivity index (χ3v) is 5.16. The van der Waals surface area contributed by atoms with E-state index < -0.39 is 12.0 Å². The quantitative estimate of drug-likeness (QED) is 0.668. The summed E-state index contributed by atoms with van der Waals surface area (Å²) in [5.41, 5.74) is 1.19. The molecule has 1 atom stereocenters. The molecule has 2 aromatic heterocycles. The van der Waals surface area contributed by atoms with Crippen molar-refractivity contribution in [3.05, 3.63) is 57.1 Å². The average Bonchev–Trinajstić information content (AvgIpc) is 3.25. The molecule has 0 saturated heterocycles. The van der Waals surface area contributed by atoms with Crippen LogP contribution in [0.1, 0.15) is 17.3 Å². The lowest BCUT2D eigenvalue weighted by atomic mass is 10.1. The van der Waals surface area contributed by atoms with Gasteiger partial charge in [0.15, 0.2) is 0 Å². The number of hydrogen-bond acceptors (Lipinski definition) is 5. The lowest BCUT2D eigenvalue weighted by Crippen LogP contribution is -2.35. The maximum absolute atomic E-state index is 12.6. The molecule has 26 heavy (non-hydrogen) atoms. The van der Waals surface area contributed by atoms with E-state index in [1.807, 2.05) is 35.7 Å². The fourth-order valence-electron chi connectivity index (χ4n) is 2.86. The number of esters is 1. The van der Waals surface area contributed by atoms with Gasteiger partial charge in [-0.2, -0.15) is 0 Å². The minimum absolute atomic E-state index is 0.0349. The van der Waals surface area contributed by atoms with Gasteiger partial charge in [-0.15, -0.1) is 11.3 Å². The fraction of sp³-hybridized carbons (Fsp3) is 0.278. The van der Waals surface area contributed by atoms with Crippen LogP contribution in [0.15, 0.2) is 46.6 Å². The van der Waals surface area contributed by atoms with Gasteiger partial charge in [-0.05, 0) is 23.6 Å². The summed E-state index contributed by atoms with van der Waals surface area (Å²) in [6, 6.07) is 10.5. The summed E-state index contributed by atoms with van der Waals surface area (Å²) in [5.74, 6) is -0.753. The Morgan fingerprint density at radius 3 is 2.58 bits per heavy atom. The summed E-state index contributed by atoms with van der Waals surface area (Å²) in [4.78, 5) is 37.5. The smallest absolute Gasteiger partial charge is 0.329 e. The Morgan fingerprint density at radius 2 is 1.92 bits per heavy atom. The molecule has 0 spiro atoms. The number of rotatable bonds is 6. The minimum atomic E-state index is -0.486. The van der Waals surface area contributed by atoms with Crippen LogP contribution in [0.5, 0.6) is 0 Å². The Kier molecular flexibility index (Phi) is 5.22. The predicted molar refractivity (Wildman–Crippen MR) is 99.0 cm³/mol. The molecule has 0 bridgehead atoms. The number of nitrogens with one attached hydrogen (secondary N) is 1. The van der Waals surface area contributed by atoms with Crippen molar-refractivity contribution in [3.8, 4) is 0 Å². The highest BCUT2D eigenvalue weighted by Gasteiger charge is 2.21. The van der Waals surface area contributed by atoms with Crippen LogP contribution in [0.3, 0.4) is 0 Å². The topological polar surface area (TPSA) is 82.3 Å². The molecule has 3 aromatic rings. The average molecular weight is 373 g/mol. The lowest BCUT2D eigenvalue weighted by Gasteiger charge is -2.16. The van der Waals surface area contributed by atoms with Crippen LogP contribution in [0.25, 0.3) is 11.0 Å². The predicted octanol–water partition coefficient (Wildman–Crippen LogP) is 1.82. The third-order valence-electron chi connectivity index (χ3n) is 4.17. The maximum Gasteiger partial charge on any atom is 0.329 e. The second-order valence-corrected chi connectivity index (χ2v) is 6.81. The van der Waals surface area contributed by atoms with Gasteiger partial charge < -0.3 is 10.1 Å². The van der Waals surface area contributed by atoms with Crippen molar-refractivity contribution in [2.75, 3.05) is 7.11 Å². The first-order valence-corrected chi connectivity index (χ1v) is 8.93. The van der Waals surface area contributed by atoms with Gasteiger partial charge in [0.05, 0.1) is 30.6 Å².